The van der Waals surface area contributed by atoms with Crippen molar-refractivity contribution < 1.29 is 4.74 Å². The Kier molecular flexibility index (Phi) is 6.45. The first-order chi connectivity index (χ1) is 8.10. The zero-order valence-electron chi connectivity index (χ0n) is 12.2. The summed E-state index contributed by atoms with van der Waals surface area (Å²) in [6.45, 7) is 16.8. The zero-order chi connectivity index (χ0) is 12.8. The van der Waals surface area contributed by atoms with Crippen molar-refractivity contribution in [1.29, 1.82) is 0 Å². The van der Waals surface area contributed by atoms with E-state index in [1.165, 1.54) is 0 Å². The molecular formula is C14H30N2O. The molecule has 0 amide bonds. The normalized spacial score (nSPS) is 33.5. The molecule has 1 saturated heterocycles. The van der Waals surface area contributed by atoms with Crippen LogP contribution in [0.25, 0.3) is 0 Å². The van der Waals surface area contributed by atoms with Crippen molar-refractivity contribution >= 4 is 0 Å². The van der Waals surface area contributed by atoms with E-state index >= 15 is 0 Å². The van der Waals surface area contributed by atoms with Gasteiger partial charge in [-0.3, -0.25) is 0 Å². The van der Waals surface area contributed by atoms with Crippen molar-refractivity contribution in [3.8, 4) is 0 Å². The Labute approximate surface area is 107 Å². The van der Waals surface area contributed by atoms with Crippen molar-refractivity contribution in [2.24, 2.45) is 11.8 Å². The van der Waals surface area contributed by atoms with Crippen LogP contribution in [0, 0.1) is 11.8 Å². The highest BCUT2D eigenvalue weighted by molar-refractivity contribution is 4.85. The highest BCUT2D eigenvalue weighted by Crippen LogP contribution is 2.31. The Morgan fingerprint density at radius 3 is 2.18 bits per heavy atom. The fourth-order valence-electron chi connectivity index (χ4n) is 2.74. The molecule has 3 heteroatoms. The number of hydrogen-bond donors (Lipinski definition) is 1. The number of rotatable bonds is 7. The van der Waals surface area contributed by atoms with Crippen molar-refractivity contribution in [2.45, 2.75) is 46.8 Å². The summed E-state index contributed by atoms with van der Waals surface area (Å²) in [7, 11) is 0. The maximum Gasteiger partial charge on any atom is 0.0594 e. The van der Waals surface area contributed by atoms with Crippen LogP contribution in [0.15, 0.2) is 0 Å². The molecule has 1 aliphatic heterocycles. The zero-order valence-corrected chi connectivity index (χ0v) is 12.2. The van der Waals surface area contributed by atoms with E-state index < -0.39 is 0 Å². The summed E-state index contributed by atoms with van der Waals surface area (Å²) in [6.07, 6.45) is 0.820. The average Bonchev–Trinajstić information content (AvgIpc) is 2.55. The van der Waals surface area contributed by atoms with Gasteiger partial charge in [0, 0.05) is 25.6 Å². The molecule has 1 fully saturated rings. The molecule has 0 spiro atoms. The summed E-state index contributed by atoms with van der Waals surface area (Å²) in [5.74, 6) is 1.34. The van der Waals surface area contributed by atoms with E-state index in [-0.39, 0.29) is 0 Å². The predicted octanol–water partition coefficient (Wildman–Crippen LogP) is 1.98. The molecule has 0 aromatic carbocycles. The molecule has 17 heavy (non-hydrogen) atoms. The van der Waals surface area contributed by atoms with Crippen molar-refractivity contribution in [3.05, 3.63) is 0 Å². The second-order valence-corrected chi connectivity index (χ2v) is 5.30. The third-order valence-corrected chi connectivity index (χ3v) is 4.33. The smallest absolute Gasteiger partial charge is 0.0594 e. The lowest BCUT2D eigenvalue weighted by Gasteiger charge is -2.21. The summed E-state index contributed by atoms with van der Waals surface area (Å²) in [5.41, 5.74) is 0. The Morgan fingerprint density at radius 1 is 1.06 bits per heavy atom. The maximum atomic E-state index is 5.86. The first-order valence-corrected chi connectivity index (χ1v) is 7.18. The van der Waals surface area contributed by atoms with Crippen LogP contribution in [0.5, 0.6) is 0 Å². The number of hydrogen-bond acceptors (Lipinski definition) is 3. The first kappa shape index (κ1) is 14.9. The van der Waals surface area contributed by atoms with Gasteiger partial charge in [0.05, 0.1) is 12.2 Å². The molecule has 1 heterocycles. The van der Waals surface area contributed by atoms with Gasteiger partial charge in [0.2, 0.25) is 0 Å². The van der Waals surface area contributed by atoms with Crippen molar-refractivity contribution in [2.75, 3.05) is 32.7 Å². The SMILES string of the molecule is CCN(CC)CCNCC1C(C)OC(C)C1C. The van der Waals surface area contributed by atoms with E-state index in [0.29, 0.717) is 24.0 Å². The minimum absolute atomic E-state index is 0.404. The third-order valence-electron chi connectivity index (χ3n) is 4.33. The first-order valence-electron chi connectivity index (χ1n) is 7.18. The average molecular weight is 242 g/mol. The molecule has 4 unspecified atom stereocenters. The van der Waals surface area contributed by atoms with Crippen LogP contribution >= 0.6 is 0 Å². The van der Waals surface area contributed by atoms with E-state index in [1.54, 1.807) is 0 Å². The lowest BCUT2D eigenvalue weighted by Crippen LogP contribution is -2.36. The Bertz CT molecular complexity index is 206. The summed E-state index contributed by atoms with van der Waals surface area (Å²) in [4.78, 5) is 2.45. The van der Waals surface area contributed by atoms with Gasteiger partial charge in [-0.25, -0.2) is 0 Å². The molecule has 0 radical (unpaired) electrons. The van der Waals surface area contributed by atoms with E-state index in [9.17, 15) is 0 Å². The molecule has 1 aliphatic rings. The molecule has 102 valence electrons. The van der Waals surface area contributed by atoms with Gasteiger partial charge in [-0.1, -0.05) is 20.8 Å². The van der Waals surface area contributed by atoms with E-state index in [2.05, 4.69) is 44.8 Å². The summed E-state index contributed by atoms with van der Waals surface area (Å²) in [5, 5.41) is 3.59. The second-order valence-electron chi connectivity index (χ2n) is 5.30. The van der Waals surface area contributed by atoms with Crippen LogP contribution in [0.4, 0.5) is 0 Å². The fraction of sp³-hybridized carbons (Fsp3) is 1.00. The maximum absolute atomic E-state index is 5.86. The number of likely N-dealkylation sites (N-methyl/N-ethyl adjacent to an activating group) is 1. The van der Waals surface area contributed by atoms with E-state index in [0.717, 1.165) is 32.7 Å². The molecule has 0 bridgehead atoms. The van der Waals surface area contributed by atoms with Gasteiger partial charge in [0.1, 0.15) is 0 Å². The van der Waals surface area contributed by atoms with Gasteiger partial charge in [0.15, 0.2) is 0 Å². The molecule has 3 nitrogen and oxygen atoms in total. The van der Waals surface area contributed by atoms with Gasteiger partial charge in [-0.15, -0.1) is 0 Å². The predicted molar refractivity (Wildman–Crippen MR) is 73.3 cm³/mol. The van der Waals surface area contributed by atoms with Gasteiger partial charge >= 0.3 is 0 Å². The molecule has 0 saturated carbocycles. The number of nitrogens with zero attached hydrogens (tertiary/aromatic N) is 1. The van der Waals surface area contributed by atoms with Gasteiger partial charge in [0.25, 0.3) is 0 Å². The van der Waals surface area contributed by atoms with E-state index in [1.807, 2.05) is 0 Å². The number of ether oxygens (including phenoxy) is 1. The van der Waals surface area contributed by atoms with Crippen LogP contribution in [-0.4, -0.2) is 49.8 Å². The van der Waals surface area contributed by atoms with Crippen LogP contribution < -0.4 is 5.32 Å². The second kappa shape index (κ2) is 7.34. The van der Waals surface area contributed by atoms with Crippen molar-refractivity contribution in [3.63, 3.8) is 0 Å². The van der Waals surface area contributed by atoms with Crippen molar-refractivity contribution in [1.82, 2.24) is 10.2 Å². The third kappa shape index (κ3) is 4.23. The Morgan fingerprint density at radius 2 is 1.71 bits per heavy atom. The standard InChI is InChI=1S/C14H30N2O/c1-6-16(7-2)9-8-15-10-14-11(3)12(4)17-13(14)5/h11-15H,6-10H2,1-5H3. The Hall–Kier alpha value is -0.120. The Balaban J connectivity index is 2.18. The largest absolute Gasteiger partial charge is 0.375 e. The molecule has 4 atom stereocenters. The molecular weight excluding hydrogens is 212 g/mol. The van der Waals surface area contributed by atoms with Gasteiger partial charge in [-0.05, 0) is 32.9 Å². The highest BCUT2D eigenvalue weighted by atomic mass is 16.5. The molecule has 0 aliphatic carbocycles. The van der Waals surface area contributed by atoms with Gasteiger partial charge in [-0.2, -0.15) is 0 Å². The lowest BCUT2D eigenvalue weighted by atomic mass is 9.89. The summed E-state index contributed by atoms with van der Waals surface area (Å²) < 4.78 is 5.86. The quantitative estimate of drug-likeness (QED) is 0.691. The summed E-state index contributed by atoms with van der Waals surface area (Å²) >= 11 is 0. The minimum atomic E-state index is 0.404. The number of nitrogens with one attached hydrogen (secondary N) is 1. The highest BCUT2D eigenvalue weighted by Gasteiger charge is 2.36. The lowest BCUT2D eigenvalue weighted by molar-refractivity contribution is 0.0511. The van der Waals surface area contributed by atoms with Crippen LogP contribution in [0.3, 0.4) is 0 Å². The van der Waals surface area contributed by atoms with Crippen LogP contribution in [0.1, 0.15) is 34.6 Å². The molecule has 0 aromatic rings. The fourth-order valence-corrected chi connectivity index (χ4v) is 2.74. The van der Waals surface area contributed by atoms with E-state index in [4.69, 9.17) is 4.74 Å². The van der Waals surface area contributed by atoms with Crippen LogP contribution in [-0.2, 0) is 4.74 Å². The topological polar surface area (TPSA) is 24.5 Å². The van der Waals surface area contributed by atoms with Crippen LogP contribution in [0.2, 0.25) is 0 Å². The monoisotopic (exact) mass is 242 g/mol. The molecule has 1 N–H and O–H groups in total. The summed E-state index contributed by atoms with van der Waals surface area (Å²) in [6, 6.07) is 0. The molecule has 0 aromatic heterocycles. The molecule has 1 rings (SSSR count). The van der Waals surface area contributed by atoms with Gasteiger partial charge < -0.3 is 15.0 Å². The minimum Gasteiger partial charge on any atom is -0.375 e.